The van der Waals surface area contributed by atoms with Crippen molar-refractivity contribution in [1.82, 2.24) is 15.0 Å². The van der Waals surface area contributed by atoms with E-state index in [1.807, 2.05) is 30.3 Å². The van der Waals surface area contributed by atoms with E-state index in [2.05, 4.69) is 39.3 Å². The molecule has 94 valence electrons. The lowest BCUT2D eigenvalue weighted by Crippen LogP contribution is -2.08. The number of aromatic nitrogens is 3. The second-order valence-corrected chi connectivity index (χ2v) is 4.37. The fraction of sp³-hybridized carbons (Fsp3) is 0.133. The third-order valence-electron chi connectivity index (χ3n) is 3.06. The smallest absolute Gasteiger partial charge is 0.164 e. The summed E-state index contributed by atoms with van der Waals surface area (Å²) in [5, 5.41) is 4.35. The molecule has 1 aromatic carbocycles. The van der Waals surface area contributed by atoms with E-state index in [0.717, 1.165) is 11.2 Å². The number of anilines is 1. The minimum Gasteiger partial charge on any atom is -0.363 e. The number of fused-ring (bicyclic) bond motifs is 1. The zero-order valence-electron chi connectivity index (χ0n) is 10.6. The summed E-state index contributed by atoms with van der Waals surface area (Å²) in [4.78, 5) is 12.7. The van der Waals surface area contributed by atoms with Gasteiger partial charge in [0.1, 0.15) is 12.1 Å². The Kier molecular flexibility index (Phi) is 3.06. The summed E-state index contributed by atoms with van der Waals surface area (Å²) in [5.41, 5.74) is 1.93. The van der Waals surface area contributed by atoms with Gasteiger partial charge in [-0.2, -0.15) is 0 Å². The molecule has 1 atom stereocenters. The van der Waals surface area contributed by atoms with Crippen molar-refractivity contribution in [2.75, 3.05) is 5.32 Å². The zero-order valence-corrected chi connectivity index (χ0v) is 10.6. The number of nitrogens with one attached hydrogen (secondary N) is 1. The minimum absolute atomic E-state index is 0.180. The number of benzene rings is 1. The average Bonchev–Trinajstić information content (AvgIpc) is 2.48. The lowest BCUT2D eigenvalue weighted by Gasteiger charge is -2.15. The summed E-state index contributed by atoms with van der Waals surface area (Å²) in [7, 11) is 0. The van der Waals surface area contributed by atoms with Gasteiger partial charge in [-0.1, -0.05) is 30.3 Å². The predicted molar refractivity (Wildman–Crippen MR) is 75.8 cm³/mol. The van der Waals surface area contributed by atoms with E-state index in [1.165, 1.54) is 11.9 Å². The highest BCUT2D eigenvalue weighted by molar-refractivity contribution is 5.85. The van der Waals surface area contributed by atoms with Crippen molar-refractivity contribution in [2.45, 2.75) is 13.0 Å². The van der Waals surface area contributed by atoms with E-state index in [1.54, 1.807) is 6.20 Å². The van der Waals surface area contributed by atoms with Crippen LogP contribution in [-0.2, 0) is 0 Å². The highest BCUT2D eigenvalue weighted by Crippen LogP contribution is 2.22. The normalized spacial score (nSPS) is 12.3. The van der Waals surface area contributed by atoms with Gasteiger partial charge in [0.15, 0.2) is 5.65 Å². The van der Waals surface area contributed by atoms with Crippen molar-refractivity contribution < 1.29 is 0 Å². The number of rotatable bonds is 3. The van der Waals surface area contributed by atoms with E-state index in [0.29, 0.717) is 5.65 Å². The molecule has 0 fully saturated rings. The van der Waals surface area contributed by atoms with Crippen LogP contribution in [0.1, 0.15) is 18.5 Å². The summed E-state index contributed by atoms with van der Waals surface area (Å²) >= 11 is 0. The van der Waals surface area contributed by atoms with E-state index < -0.39 is 0 Å². The summed E-state index contributed by atoms with van der Waals surface area (Å²) in [6, 6.07) is 14.3. The largest absolute Gasteiger partial charge is 0.363 e. The maximum atomic E-state index is 4.31. The van der Waals surface area contributed by atoms with Crippen LogP contribution in [-0.4, -0.2) is 15.0 Å². The standard InChI is InChI=1S/C15H14N4/c1-11(12-6-3-2-4-7-12)19-15-13-8-5-9-16-14(13)17-10-18-15/h2-11H,1H3,(H,16,17,18,19). The summed E-state index contributed by atoms with van der Waals surface area (Å²) in [6.45, 7) is 2.11. The van der Waals surface area contributed by atoms with Crippen LogP contribution in [0.2, 0.25) is 0 Å². The molecule has 0 aliphatic rings. The molecule has 1 N–H and O–H groups in total. The van der Waals surface area contributed by atoms with Gasteiger partial charge in [0.05, 0.1) is 5.39 Å². The van der Waals surface area contributed by atoms with Crippen LogP contribution in [0.5, 0.6) is 0 Å². The molecule has 2 aromatic heterocycles. The van der Waals surface area contributed by atoms with Crippen LogP contribution >= 0.6 is 0 Å². The molecule has 1 unspecified atom stereocenters. The summed E-state index contributed by atoms with van der Waals surface area (Å²) in [6.07, 6.45) is 3.27. The van der Waals surface area contributed by atoms with Crippen LogP contribution in [0.25, 0.3) is 11.0 Å². The Hall–Kier alpha value is -2.49. The molecule has 3 rings (SSSR count). The average molecular weight is 250 g/mol. The van der Waals surface area contributed by atoms with Gasteiger partial charge in [0.2, 0.25) is 0 Å². The Morgan fingerprint density at radius 2 is 1.79 bits per heavy atom. The van der Waals surface area contributed by atoms with Crippen LogP contribution in [0.4, 0.5) is 5.82 Å². The lowest BCUT2D eigenvalue weighted by atomic mass is 10.1. The van der Waals surface area contributed by atoms with Crippen molar-refractivity contribution in [1.29, 1.82) is 0 Å². The molecular formula is C15H14N4. The van der Waals surface area contributed by atoms with Gasteiger partial charge in [-0.3, -0.25) is 0 Å². The second kappa shape index (κ2) is 5.02. The van der Waals surface area contributed by atoms with Gasteiger partial charge in [-0.05, 0) is 24.6 Å². The Morgan fingerprint density at radius 1 is 0.947 bits per heavy atom. The molecule has 4 heteroatoms. The fourth-order valence-electron chi connectivity index (χ4n) is 2.04. The second-order valence-electron chi connectivity index (χ2n) is 4.37. The van der Waals surface area contributed by atoms with E-state index >= 15 is 0 Å². The monoisotopic (exact) mass is 250 g/mol. The highest BCUT2D eigenvalue weighted by atomic mass is 15.0. The Bertz CT molecular complexity index is 677. The van der Waals surface area contributed by atoms with Gasteiger partial charge in [-0.15, -0.1) is 0 Å². The molecule has 0 amide bonds. The van der Waals surface area contributed by atoms with Crippen molar-refractivity contribution in [3.63, 3.8) is 0 Å². The van der Waals surface area contributed by atoms with Crippen molar-refractivity contribution in [3.05, 3.63) is 60.6 Å². The number of hydrogen-bond donors (Lipinski definition) is 1. The first-order valence-corrected chi connectivity index (χ1v) is 6.22. The summed E-state index contributed by atoms with van der Waals surface area (Å²) < 4.78 is 0. The maximum absolute atomic E-state index is 4.31. The van der Waals surface area contributed by atoms with E-state index in [-0.39, 0.29) is 6.04 Å². The molecule has 19 heavy (non-hydrogen) atoms. The van der Waals surface area contributed by atoms with Crippen molar-refractivity contribution in [3.8, 4) is 0 Å². The Morgan fingerprint density at radius 3 is 2.63 bits per heavy atom. The first-order valence-electron chi connectivity index (χ1n) is 6.22. The van der Waals surface area contributed by atoms with Crippen LogP contribution in [0, 0.1) is 0 Å². The molecule has 2 heterocycles. The molecular weight excluding hydrogens is 236 g/mol. The molecule has 0 aliphatic carbocycles. The Labute approximate surface area is 111 Å². The Balaban J connectivity index is 1.94. The van der Waals surface area contributed by atoms with Crippen LogP contribution in [0.15, 0.2) is 55.0 Å². The SMILES string of the molecule is CC(Nc1ncnc2ncccc12)c1ccccc1. The molecule has 0 aliphatic heterocycles. The number of hydrogen-bond acceptors (Lipinski definition) is 4. The first kappa shape index (κ1) is 11.6. The molecule has 4 nitrogen and oxygen atoms in total. The summed E-state index contributed by atoms with van der Waals surface area (Å²) in [5.74, 6) is 0.814. The van der Waals surface area contributed by atoms with E-state index in [9.17, 15) is 0 Å². The molecule has 0 saturated carbocycles. The van der Waals surface area contributed by atoms with Crippen molar-refractivity contribution >= 4 is 16.9 Å². The zero-order chi connectivity index (χ0) is 13.1. The quantitative estimate of drug-likeness (QED) is 0.775. The third kappa shape index (κ3) is 2.38. The number of nitrogens with zero attached hydrogens (tertiary/aromatic N) is 3. The first-order chi connectivity index (χ1) is 9.34. The predicted octanol–water partition coefficient (Wildman–Crippen LogP) is 3.20. The van der Waals surface area contributed by atoms with Gasteiger partial charge >= 0.3 is 0 Å². The third-order valence-corrected chi connectivity index (χ3v) is 3.06. The highest BCUT2D eigenvalue weighted by Gasteiger charge is 2.08. The van der Waals surface area contributed by atoms with Gasteiger partial charge in [0, 0.05) is 12.2 Å². The van der Waals surface area contributed by atoms with Crippen molar-refractivity contribution in [2.24, 2.45) is 0 Å². The van der Waals surface area contributed by atoms with Crippen LogP contribution in [0.3, 0.4) is 0 Å². The minimum atomic E-state index is 0.180. The lowest BCUT2D eigenvalue weighted by molar-refractivity contribution is 0.875. The molecule has 0 saturated heterocycles. The van der Waals surface area contributed by atoms with E-state index in [4.69, 9.17) is 0 Å². The number of pyridine rings is 1. The topological polar surface area (TPSA) is 50.7 Å². The maximum Gasteiger partial charge on any atom is 0.164 e. The van der Waals surface area contributed by atoms with Gasteiger partial charge < -0.3 is 5.32 Å². The molecule has 3 aromatic rings. The van der Waals surface area contributed by atoms with Gasteiger partial charge in [-0.25, -0.2) is 15.0 Å². The molecule has 0 radical (unpaired) electrons. The fourth-order valence-corrected chi connectivity index (χ4v) is 2.04. The molecule has 0 bridgehead atoms. The molecule has 0 spiro atoms. The van der Waals surface area contributed by atoms with Crippen LogP contribution < -0.4 is 5.32 Å². The van der Waals surface area contributed by atoms with Gasteiger partial charge in [0.25, 0.3) is 0 Å².